The van der Waals surface area contributed by atoms with Crippen LogP contribution in [0.4, 0.5) is 0 Å². The normalized spacial score (nSPS) is 17.1. The molecule has 0 saturated carbocycles. The molecule has 8 heteroatoms. The van der Waals surface area contributed by atoms with Gasteiger partial charge in [0, 0.05) is 32.2 Å². The molecule has 20 heavy (non-hydrogen) atoms. The van der Waals surface area contributed by atoms with E-state index in [9.17, 15) is 8.42 Å². The molecule has 1 aliphatic rings. The molecule has 1 aromatic heterocycles. The van der Waals surface area contributed by atoms with Gasteiger partial charge >= 0.3 is 0 Å². The number of rotatable bonds is 7. The van der Waals surface area contributed by atoms with Crippen LogP contribution in [0.3, 0.4) is 0 Å². The number of hydrogen-bond donors (Lipinski definition) is 0. The van der Waals surface area contributed by atoms with Gasteiger partial charge in [0.25, 0.3) is 0 Å². The fourth-order valence-corrected chi connectivity index (χ4v) is 3.57. The molecular formula is C12H21ClN4O2S. The summed E-state index contributed by atoms with van der Waals surface area (Å²) in [6, 6.07) is 0. The van der Waals surface area contributed by atoms with Crippen molar-refractivity contribution < 1.29 is 8.42 Å². The average Bonchev–Trinajstić information content (AvgIpc) is 3.07. The van der Waals surface area contributed by atoms with Crippen LogP contribution in [0.5, 0.6) is 0 Å². The second kappa shape index (κ2) is 6.89. The lowest BCUT2D eigenvalue weighted by molar-refractivity contribution is 0.310. The zero-order valence-electron chi connectivity index (χ0n) is 11.7. The lowest BCUT2D eigenvalue weighted by Gasteiger charge is -2.20. The number of likely N-dealkylation sites (N-methyl/N-ethyl adjacent to an activating group) is 1. The standard InChI is InChI=1S/C12H21ClN4O2S/c1-15(8-9-16-5-2-3-6-16)20(18,19)12-10-14-17(11-12)7-4-13/h10-11H,2-9H2,1H3. The van der Waals surface area contributed by atoms with E-state index in [4.69, 9.17) is 11.6 Å². The van der Waals surface area contributed by atoms with Crippen molar-refractivity contribution in [3.05, 3.63) is 12.4 Å². The van der Waals surface area contributed by atoms with E-state index in [1.165, 1.54) is 29.5 Å². The zero-order chi connectivity index (χ0) is 14.6. The number of aromatic nitrogens is 2. The summed E-state index contributed by atoms with van der Waals surface area (Å²) in [5.41, 5.74) is 0. The molecule has 1 fully saturated rings. The fourth-order valence-electron chi connectivity index (χ4n) is 2.28. The monoisotopic (exact) mass is 320 g/mol. The summed E-state index contributed by atoms with van der Waals surface area (Å²) >= 11 is 5.62. The minimum absolute atomic E-state index is 0.228. The first kappa shape index (κ1) is 15.8. The third-order valence-corrected chi connectivity index (χ3v) is 5.54. The summed E-state index contributed by atoms with van der Waals surface area (Å²) in [6.45, 7) is 3.94. The minimum Gasteiger partial charge on any atom is -0.302 e. The van der Waals surface area contributed by atoms with Crippen molar-refractivity contribution in [3.8, 4) is 0 Å². The Morgan fingerprint density at radius 1 is 1.35 bits per heavy atom. The average molecular weight is 321 g/mol. The van der Waals surface area contributed by atoms with Crippen LogP contribution >= 0.6 is 11.6 Å². The molecule has 1 aromatic rings. The van der Waals surface area contributed by atoms with E-state index in [0.29, 0.717) is 19.0 Å². The van der Waals surface area contributed by atoms with Crippen molar-refractivity contribution in [2.24, 2.45) is 0 Å². The van der Waals surface area contributed by atoms with Crippen molar-refractivity contribution in [3.63, 3.8) is 0 Å². The van der Waals surface area contributed by atoms with Crippen LogP contribution in [0.2, 0.25) is 0 Å². The second-order valence-corrected chi connectivity index (χ2v) is 7.43. The van der Waals surface area contributed by atoms with Gasteiger partial charge in [0.1, 0.15) is 4.90 Å². The molecule has 114 valence electrons. The van der Waals surface area contributed by atoms with Crippen LogP contribution in [0.1, 0.15) is 12.8 Å². The Hall–Kier alpha value is -0.630. The van der Waals surface area contributed by atoms with Crippen LogP contribution in [-0.2, 0) is 16.6 Å². The van der Waals surface area contributed by atoms with Gasteiger partial charge in [0.15, 0.2) is 0 Å². The summed E-state index contributed by atoms with van der Waals surface area (Å²) in [5, 5.41) is 4.01. The molecule has 1 saturated heterocycles. The lowest BCUT2D eigenvalue weighted by Crippen LogP contribution is -2.35. The Labute approximate surface area is 125 Å². The highest BCUT2D eigenvalue weighted by Gasteiger charge is 2.23. The Kier molecular flexibility index (Phi) is 5.42. The molecule has 0 bridgehead atoms. The maximum absolute atomic E-state index is 12.4. The Balaban J connectivity index is 1.96. The second-order valence-electron chi connectivity index (χ2n) is 5.00. The van der Waals surface area contributed by atoms with Crippen LogP contribution in [0, 0.1) is 0 Å². The van der Waals surface area contributed by atoms with Crippen molar-refractivity contribution in [2.75, 3.05) is 39.1 Å². The highest BCUT2D eigenvalue weighted by molar-refractivity contribution is 7.89. The van der Waals surface area contributed by atoms with Gasteiger partial charge in [-0.1, -0.05) is 0 Å². The third kappa shape index (κ3) is 3.72. The molecule has 0 unspecified atom stereocenters. The molecule has 1 aliphatic heterocycles. The topological polar surface area (TPSA) is 58.4 Å². The van der Waals surface area contributed by atoms with E-state index >= 15 is 0 Å². The predicted molar refractivity (Wildman–Crippen MR) is 78.4 cm³/mol. The van der Waals surface area contributed by atoms with Crippen molar-refractivity contribution in [1.29, 1.82) is 0 Å². The predicted octanol–water partition coefficient (Wildman–Crippen LogP) is 0.838. The molecule has 0 atom stereocenters. The van der Waals surface area contributed by atoms with E-state index in [1.54, 1.807) is 11.7 Å². The van der Waals surface area contributed by atoms with Gasteiger partial charge in [-0.15, -0.1) is 11.6 Å². The molecule has 0 aliphatic carbocycles. The number of halogens is 1. The Bertz CT molecular complexity index is 525. The smallest absolute Gasteiger partial charge is 0.245 e. The number of nitrogens with zero attached hydrogens (tertiary/aromatic N) is 4. The van der Waals surface area contributed by atoms with Crippen molar-refractivity contribution in [1.82, 2.24) is 19.0 Å². The Morgan fingerprint density at radius 2 is 2.05 bits per heavy atom. The van der Waals surface area contributed by atoms with Gasteiger partial charge in [-0.3, -0.25) is 4.68 Å². The van der Waals surface area contributed by atoms with Crippen LogP contribution in [0.15, 0.2) is 17.3 Å². The van der Waals surface area contributed by atoms with E-state index in [-0.39, 0.29) is 4.90 Å². The van der Waals surface area contributed by atoms with Crippen LogP contribution in [0.25, 0.3) is 0 Å². The molecule has 2 rings (SSSR count). The number of aryl methyl sites for hydroxylation is 1. The fraction of sp³-hybridized carbons (Fsp3) is 0.750. The Morgan fingerprint density at radius 3 is 2.70 bits per heavy atom. The summed E-state index contributed by atoms with van der Waals surface area (Å²) in [6.07, 6.45) is 5.33. The van der Waals surface area contributed by atoms with Gasteiger partial charge in [-0.25, -0.2) is 8.42 Å². The maximum Gasteiger partial charge on any atom is 0.245 e. The molecule has 0 N–H and O–H groups in total. The van der Waals surface area contributed by atoms with E-state index in [1.807, 2.05) is 0 Å². The van der Waals surface area contributed by atoms with Crippen molar-refractivity contribution in [2.45, 2.75) is 24.3 Å². The third-order valence-electron chi connectivity index (χ3n) is 3.56. The molecule has 6 nitrogen and oxygen atoms in total. The van der Waals surface area contributed by atoms with E-state index < -0.39 is 10.0 Å². The number of alkyl halides is 1. The maximum atomic E-state index is 12.4. The summed E-state index contributed by atoms with van der Waals surface area (Å²) in [7, 11) is -1.83. The summed E-state index contributed by atoms with van der Waals surface area (Å²) in [5.74, 6) is 0.409. The largest absolute Gasteiger partial charge is 0.302 e. The summed E-state index contributed by atoms with van der Waals surface area (Å²) in [4.78, 5) is 2.52. The zero-order valence-corrected chi connectivity index (χ0v) is 13.3. The molecule has 0 aromatic carbocycles. The molecule has 2 heterocycles. The van der Waals surface area contributed by atoms with E-state index in [0.717, 1.165) is 19.6 Å². The van der Waals surface area contributed by atoms with Crippen molar-refractivity contribution >= 4 is 21.6 Å². The molecule has 0 amide bonds. The first-order valence-electron chi connectivity index (χ1n) is 6.81. The highest BCUT2D eigenvalue weighted by Crippen LogP contribution is 2.14. The van der Waals surface area contributed by atoms with Gasteiger partial charge in [0.2, 0.25) is 10.0 Å². The number of sulfonamides is 1. The van der Waals surface area contributed by atoms with E-state index in [2.05, 4.69) is 10.00 Å². The number of hydrogen-bond acceptors (Lipinski definition) is 4. The molecule has 0 spiro atoms. The van der Waals surface area contributed by atoms with Crippen LogP contribution < -0.4 is 0 Å². The van der Waals surface area contributed by atoms with Gasteiger partial charge < -0.3 is 4.90 Å². The van der Waals surface area contributed by atoms with Gasteiger partial charge in [-0.2, -0.15) is 9.40 Å². The first-order valence-corrected chi connectivity index (χ1v) is 8.78. The lowest BCUT2D eigenvalue weighted by atomic mass is 10.4. The summed E-state index contributed by atoms with van der Waals surface area (Å²) < 4.78 is 27.7. The highest BCUT2D eigenvalue weighted by atomic mass is 35.5. The number of likely N-dealkylation sites (tertiary alicyclic amines) is 1. The van der Waals surface area contributed by atoms with Crippen LogP contribution in [-0.4, -0.2) is 66.5 Å². The SMILES string of the molecule is CN(CCN1CCCC1)S(=O)(=O)c1cnn(CCCl)c1. The quantitative estimate of drug-likeness (QED) is 0.699. The molecular weight excluding hydrogens is 300 g/mol. The minimum atomic E-state index is -3.45. The van der Waals surface area contributed by atoms with Gasteiger partial charge in [-0.05, 0) is 25.9 Å². The molecule has 0 radical (unpaired) electrons. The first-order chi connectivity index (χ1) is 9.54. The van der Waals surface area contributed by atoms with Gasteiger partial charge in [0.05, 0.1) is 12.7 Å².